The largest absolute Gasteiger partial charge is 0.468 e. The van der Waals surface area contributed by atoms with Crippen molar-refractivity contribution in [2.75, 3.05) is 13.7 Å². The van der Waals surface area contributed by atoms with Gasteiger partial charge in [-0.05, 0) is 24.5 Å². The van der Waals surface area contributed by atoms with Crippen LogP contribution in [0.4, 0.5) is 0 Å². The highest BCUT2D eigenvalue weighted by Gasteiger charge is 2.40. The molecule has 1 aromatic carbocycles. The summed E-state index contributed by atoms with van der Waals surface area (Å²) in [6, 6.07) is 7.96. The first-order chi connectivity index (χ1) is 9.62. The molecule has 0 aromatic heterocycles. The molecular formula is C17H27NO2. The van der Waals surface area contributed by atoms with Gasteiger partial charge in [0.1, 0.15) is 5.41 Å². The number of carbonyl (C=O) groups excluding carboxylic acids is 1. The van der Waals surface area contributed by atoms with Crippen LogP contribution in [0.25, 0.3) is 0 Å². The molecular weight excluding hydrogens is 250 g/mol. The van der Waals surface area contributed by atoms with E-state index in [1.807, 2.05) is 31.2 Å². The van der Waals surface area contributed by atoms with Gasteiger partial charge in [0.05, 0.1) is 7.11 Å². The Balaban J connectivity index is 3.06. The van der Waals surface area contributed by atoms with Gasteiger partial charge in [-0.3, -0.25) is 4.79 Å². The third-order valence-corrected chi connectivity index (χ3v) is 4.04. The van der Waals surface area contributed by atoms with E-state index in [1.165, 1.54) is 20.0 Å². The van der Waals surface area contributed by atoms with Crippen molar-refractivity contribution < 1.29 is 9.53 Å². The minimum atomic E-state index is -0.701. The smallest absolute Gasteiger partial charge is 0.317 e. The van der Waals surface area contributed by atoms with Crippen molar-refractivity contribution in [3.63, 3.8) is 0 Å². The predicted octanol–water partition coefficient (Wildman–Crippen LogP) is 3.33. The van der Waals surface area contributed by atoms with E-state index in [0.717, 1.165) is 30.4 Å². The average molecular weight is 277 g/mol. The minimum absolute atomic E-state index is 0.217. The van der Waals surface area contributed by atoms with Gasteiger partial charge in [-0.1, -0.05) is 56.9 Å². The van der Waals surface area contributed by atoms with E-state index >= 15 is 0 Å². The van der Waals surface area contributed by atoms with Gasteiger partial charge >= 0.3 is 5.97 Å². The van der Waals surface area contributed by atoms with Crippen LogP contribution in [0.1, 0.15) is 50.2 Å². The van der Waals surface area contributed by atoms with Crippen LogP contribution in [0.2, 0.25) is 0 Å². The van der Waals surface area contributed by atoms with Crippen molar-refractivity contribution in [2.45, 2.75) is 51.4 Å². The first-order valence-electron chi connectivity index (χ1n) is 7.47. The maximum Gasteiger partial charge on any atom is 0.317 e. The standard InChI is InChI=1S/C17H27NO2/c1-4-5-6-9-12-17(13-18,16(19)20-3)15-11-8-7-10-14(15)2/h7-8,10-11H,4-6,9,12-13,18H2,1-3H3. The Hall–Kier alpha value is -1.35. The van der Waals surface area contributed by atoms with Gasteiger partial charge in [-0.15, -0.1) is 0 Å². The maximum atomic E-state index is 12.4. The summed E-state index contributed by atoms with van der Waals surface area (Å²) < 4.78 is 5.05. The molecule has 0 aliphatic rings. The van der Waals surface area contributed by atoms with Crippen LogP contribution in [0.3, 0.4) is 0 Å². The monoisotopic (exact) mass is 277 g/mol. The zero-order chi connectivity index (χ0) is 15.0. The third-order valence-electron chi connectivity index (χ3n) is 4.04. The van der Waals surface area contributed by atoms with Crippen LogP contribution in [0.15, 0.2) is 24.3 Å². The van der Waals surface area contributed by atoms with Gasteiger partial charge in [-0.25, -0.2) is 0 Å². The Morgan fingerprint density at radius 3 is 2.50 bits per heavy atom. The first kappa shape index (κ1) is 16.7. The minimum Gasteiger partial charge on any atom is -0.468 e. The zero-order valence-electron chi connectivity index (χ0n) is 12.9. The number of unbranched alkanes of at least 4 members (excludes halogenated alkanes) is 3. The van der Waals surface area contributed by atoms with Crippen molar-refractivity contribution in [3.8, 4) is 0 Å². The summed E-state index contributed by atoms with van der Waals surface area (Å²) in [4.78, 5) is 12.4. The highest BCUT2D eigenvalue weighted by molar-refractivity contribution is 5.84. The number of ether oxygens (including phenoxy) is 1. The molecule has 1 aromatic rings. The number of carbonyl (C=O) groups is 1. The average Bonchev–Trinajstić information content (AvgIpc) is 2.48. The van der Waals surface area contributed by atoms with Gasteiger partial charge in [0.25, 0.3) is 0 Å². The molecule has 20 heavy (non-hydrogen) atoms. The zero-order valence-corrected chi connectivity index (χ0v) is 12.9. The summed E-state index contributed by atoms with van der Waals surface area (Å²) in [6.45, 7) is 4.49. The Morgan fingerprint density at radius 2 is 1.95 bits per heavy atom. The lowest BCUT2D eigenvalue weighted by Crippen LogP contribution is -2.44. The van der Waals surface area contributed by atoms with Crippen LogP contribution < -0.4 is 5.73 Å². The molecule has 0 aliphatic carbocycles. The second-order valence-electron chi connectivity index (χ2n) is 5.40. The Bertz CT molecular complexity index is 431. The molecule has 0 aliphatic heterocycles. The molecule has 1 atom stereocenters. The number of aryl methyl sites for hydroxylation is 1. The van der Waals surface area contributed by atoms with E-state index in [1.54, 1.807) is 0 Å². The third kappa shape index (κ3) is 3.60. The fourth-order valence-electron chi connectivity index (χ4n) is 2.80. The van der Waals surface area contributed by atoms with Crippen molar-refractivity contribution in [2.24, 2.45) is 5.73 Å². The normalized spacial score (nSPS) is 13.8. The van der Waals surface area contributed by atoms with E-state index in [0.29, 0.717) is 0 Å². The number of benzene rings is 1. The van der Waals surface area contributed by atoms with Gasteiger partial charge in [-0.2, -0.15) is 0 Å². The van der Waals surface area contributed by atoms with Crippen molar-refractivity contribution in [1.29, 1.82) is 0 Å². The molecule has 0 bridgehead atoms. The number of nitrogens with two attached hydrogens (primary N) is 1. The molecule has 3 heteroatoms. The van der Waals surface area contributed by atoms with Crippen LogP contribution in [0.5, 0.6) is 0 Å². The summed E-state index contributed by atoms with van der Waals surface area (Å²) in [5.74, 6) is -0.217. The van der Waals surface area contributed by atoms with E-state index in [2.05, 4.69) is 6.92 Å². The lowest BCUT2D eigenvalue weighted by molar-refractivity contribution is -0.147. The quantitative estimate of drug-likeness (QED) is 0.585. The van der Waals surface area contributed by atoms with Crippen molar-refractivity contribution in [3.05, 3.63) is 35.4 Å². The van der Waals surface area contributed by atoms with E-state index in [4.69, 9.17) is 10.5 Å². The molecule has 0 saturated heterocycles. The maximum absolute atomic E-state index is 12.4. The summed E-state index contributed by atoms with van der Waals surface area (Å²) in [7, 11) is 1.44. The molecule has 0 saturated carbocycles. The second kappa shape index (κ2) is 8.05. The van der Waals surface area contributed by atoms with Crippen LogP contribution in [-0.4, -0.2) is 19.6 Å². The van der Waals surface area contributed by atoms with E-state index in [-0.39, 0.29) is 12.5 Å². The molecule has 0 radical (unpaired) electrons. The molecule has 1 rings (SSSR count). The highest BCUT2D eigenvalue weighted by Crippen LogP contribution is 2.33. The van der Waals surface area contributed by atoms with Gasteiger partial charge in [0.2, 0.25) is 0 Å². The van der Waals surface area contributed by atoms with Crippen LogP contribution >= 0.6 is 0 Å². The number of hydrogen-bond acceptors (Lipinski definition) is 3. The topological polar surface area (TPSA) is 52.3 Å². The lowest BCUT2D eigenvalue weighted by atomic mass is 9.74. The SMILES string of the molecule is CCCCCCC(CN)(C(=O)OC)c1ccccc1C. The van der Waals surface area contributed by atoms with Gasteiger partial charge in [0, 0.05) is 6.54 Å². The van der Waals surface area contributed by atoms with Crippen molar-refractivity contribution >= 4 is 5.97 Å². The molecule has 0 heterocycles. The molecule has 1 unspecified atom stereocenters. The second-order valence-corrected chi connectivity index (χ2v) is 5.40. The number of hydrogen-bond donors (Lipinski definition) is 1. The van der Waals surface area contributed by atoms with Gasteiger partial charge < -0.3 is 10.5 Å². The molecule has 3 nitrogen and oxygen atoms in total. The molecule has 0 fully saturated rings. The summed E-state index contributed by atoms with van der Waals surface area (Å²) in [6.07, 6.45) is 5.24. The van der Waals surface area contributed by atoms with Gasteiger partial charge in [0.15, 0.2) is 0 Å². The fraction of sp³-hybridized carbons (Fsp3) is 0.588. The predicted molar refractivity (Wildman–Crippen MR) is 82.7 cm³/mol. The summed E-state index contributed by atoms with van der Waals surface area (Å²) >= 11 is 0. The van der Waals surface area contributed by atoms with E-state index < -0.39 is 5.41 Å². The molecule has 0 amide bonds. The van der Waals surface area contributed by atoms with E-state index in [9.17, 15) is 4.79 Å². The number of rotatable bonds is 8. The van der Waals surface area contributed by atoms with Crippen LogP contribution in [0, 0.1) is 6.92 Å². The summed E-state index contributed by atoms with van der Waals surface area (Å²) in [5, 5.41) is 0. The summed E-state index contributed by atoms with van der Waals surface area (Å²) in [5.41, 5.74) is 7.40. The lowest BCUT2D eigenvalue weighted by Gasteiger charge is -2.31. The highest BCUT2D eigenvalue weighted by atomic mass is 16.5. The molecule has 0 spiro atoms. The molecule has 112 valence electrons. The number of methoxy groups -OCH3 is 1. The Morgan fingerprint density at radius 1 is 1.25 bits per heavy atom. The first-order valence-corrected chi connectivity index (χ1v) is 7.47. The molecule has 2 N–H and O–H groups in total. The Kier molecular flexibility index (Phi) is 6.73. The van der Waals surface area contributed by atoms with Crippen LogP contribution in [-0.2, 0) is 14.9 Å². The Labute approximate surface area is 122 Å². The fourth-order valence-corrected chi connectivity index (χ4v) is 2.80. The number of esters is 1. The van der Waals surface area contributed by atoms with Crippen molar-refractivity contribution in [1.82, 2.24) is 0 Å².